The van der Waals surface area contributed by atoms with E-state index in [2.05, 4.69) is 84.9 Å². The first-order valence-corrected chi connectivity index (χ1v) is 19.6. The molecule has 1 aliphatic carbocycles. The summed E-state index contributed by atoms with van der Waals surface area (Å²) in [6.45, 7) is 16.0. The third kappa shape index (κ3) is 5.26. The molecule has 0 nitrogen and oxygen atoms in total. The van der Waals surface area contributed by atoms with E-state index in [1.807, 2.05) is 0 Å². The predicted octanol–water partition coefficient (Wildman–Crippen LogP) is 9.96. The molecule has 2 aromatic rings. The molecule has 3 heteroatoms. The van der Waals surface area contributed by atoms with Gasteiger partial charge < -0.3 is 0 Å². The van der Waals surface area contributed by atoms with E-state index in [0.29, 0.717) is 17.8 Å². The quantitative estimate of drug-likeness (QED) is 0.315. The Morgan fingerprint density at radius 2 is 1.52 bits per heavy atom. The number of hydrogen-bond donors (Lipinski definition) is 0. The van der Waals surface area contributed by atoms with Crippen molar-refractivity contribution in [2.24, 2.45) is 5.92 Å². The van der Waals surface area contributed by atoms with Gasteiger partial charge in [0.05, 0.1) is 0 Å². The fourth-order valence-corrected chi connectivity index (χ4v) is 10.3. The zero-order valence-corrected chi connectivity index (χ0v) is 24.1. The van der Waals surface area contributed by atoms with Crippen LogP contribution in [0.3, 0.4) is 0 Å². The molecule has 0 fully saturated rings. The monoisotopic (exact) mass is 533 g/mol. The van der Waals surface area contributed by atoms with Crippen LogP contribution in [0.25, 0.3) is 17.2 Å². The molecule has 0 radical (unpaired) electrons. The summed E-state index contributed by atoms with van der Waals surface area (Å²) in [5, 5.41) is 0. The molecule has 1 aliphatic rings. The van der Waals surface area contributed by atoms with Crippen LogP contribution in [-0.4, -0.2) is 0 Å². The van der Waals surface area contributed by atoms with E-state index < -0.39 is 19.4 Å². The summed E-state index contributed by atoms with van der Waals surface area (Å²) in [5.74, 6) is 1.53. The fraction of sp³-hybridized carbons (Fsp3) is 0.500. The predicted molar refractivity (Wildman–Crippen MR) is 136 cm³/mol. The summed E-state index contributed by atoms with van der Waals surface area (Å²) in [6.07, 6.45) is 5.82. The van der Waals surface area contributed by atoms with Gasteiger partial charge in [-0.1, -0.05) is 0 Å². The van der Waals surface area contributed by atoms with Crippen LogP contribution in [0.4, 0.5) is 0 Å². The third-order valence-corrected chi connectivity index (χ3v) is 12.1. The van der Waals surface area contributed by atoms with Crippen LogP contribution in [0.5, 0.6) is 0 Å². The van der Waals surface area contributed by atoms with Crippen molar-refractivity contribution in [3.8, 4) is 11.1 Å². The molecule has 0 bridgehead atoms. The average molecular weight is 536 g/mol. The van der Waals surface area contributed by atoms with Crippen LogP contribution < -0.4 is 0 Å². The van der Waals surface area contributed by atoms with Crippen LogP contribution in [0.2, 0.25) is 0 Å². The van der Waals surface area contributed by atoms with Crippen molar-refractivity contribution < 1.29 is 19.4 Å². The van der Waals surface area contributed by atoms with Gasteiger partial charge in [-0.3, -0.25) is 0 Å². The Hall–Kier alpha value is -0.357. The van der Waals surface area contributed by atoms with Gasteiger partial charge in [-0.15, -0.1) is 0 Å². The summed E-state index contributed by atoms with van der Waals surface area (Å²) in [7, 11) is 13.5. The SMILES string of the molecule is CCCc1ccc2c(c1-c1cc(C(C)C)cc(C(C)C)c1)C=C(C(C)CC)[CH]2[Zr]([Cl])[Cl]. The number of benzene rings is 2. The number of allylic oxidation sites excluding steroid dienone is 1. The van der Waals surface area contributed by atoms with Crippen LogP contribution in [0.1, 0.15) is 105 Å². The summed E-state index contributed by atoms with van der Waals surface area (Å²) < 4.78 is 0.281. The summed E-state index contributed by atoms with van der Waals surface area (Å²) >= 11 is -2.53. The molecular weight excluding hydrogens is 498 g/mol. The van der Waals surface area contributed by atoms with Crippen LogP contribution in [0, 0.1) is 5.92 Å². The molecule has 0 saturated carbocycles. The zero-order valence-electron chi connectivity index (χ0n) is 20.2. The van der Waals surface area contributed by atoms with E-state index in [-0.39, 0.29) is 3.63 Å². The second kappa shape index (κ2) is 10.7. The molecule has 2 aromatic carbocycles. The fourth-order valence-electron chi connectivity index (χ4n) is 4.73. The van der Waals surface area contributed by atoms with Crippen LogP contribution >= 0.6 is 17.0 Å². The van der Waals surface area contributed by atoms with Gasteiger partial charge in [-0.05, 0) is 0 Å². The molecule has 2 atom stereocenters. The van der Waals surface area contributed by atoms with Gasteiger partial charge >= 0.3 is 206 Å². The van der Waals surface area contributed by atoms with Gasteiger partial charge in [0.25, 0.3) is 0 Å². The number of fused-ring (bicyclic) bond motifs is 1. The minimum absolute atomic E-state index is 0.281. The molecule has 0 saturated heterocycles. The van der Waals surface area contributed by atoms with E-state index in [1.165, 1.54) is 44.5 Å². The number of rotatable bonds is 8. The second-order valence-corrected chi connectivity index (χ2v) is 18.5. The standard InChI is InChI=1S/C28H37.2ClH.Zr/c1-8-10-21-11-12-22-13-25(20(7)9-2)17-27(22)28(21)26-15-23(18(3)4)14-24(16-26)19(5)6;;;/h11-20H,8-10H2,1-7H3;2*1H;/q;;;+2/p-2. The van der Waals surface area contributed by atoms with Gasteiger partial charge in [0.15, 0.2) is 0 Å². The summed E-state index contributed by atoms with van der Waals surface area (Å²) in [4.78, 5) is 0. The molecular formula is C28H37Cl2Zr. The van der Waals surface area contributed by atoms with E-state index >= 15 is 0 Å². The van der Waals surface area contributed by atoms with Gasteiger partial charge in [0.2, 0.25) is 0 Å². The summed E-state index contributed by atoms with van der Waals surface area (Å²) in [5.41, 5.74) is 11.3. The normalized spacial score (nSPS) is 16.6. The number of hydrogen-bond acceptors (Lipinski definition) is 0. The Morgan fingerprint density at radius 1 is 0.903 bits per heavy atom. The molecule has 0 amide bonds. The molecule has 0 aliphatic heterocycles. The van der Waals surface area contributed by atoms with Crippen molar-refractivity contribution in [3.63, 3.8) is 0 Å². The average Bonchev–Trinajstić information content (AvgIpc) is 3.12. The van der Waals surface area contributed by atoms with E-state index in [0.717, 1.165) is 19.3 Å². The van der Waals surface area contributed by atoms with Crippen molar-refractivity contribution in [1.29, 1.82) is 0 Å². The molecule has 31 heavy (non-hydrogen) atoms. The molecule has 2 unspecified atom stereocenters. The van der Waals surface area contributed by atoms with Gasteiger partial charge in [-0.25, -0.2) is 0 Å². The van der Waals surface area contributed by atoms with Crippen molar-refractivity contribution >= 4 is 23.1 Å². The Bertz CT molecular complexity index is 929. The maximum absolute atomic E-state index is 6.76. The molecule has 0 N–H and O–H groups in total. The van der Waals surface area contributed by atoms with E-state index in [9.17, 15) is 0 Å². The molecule has 0 heterocycles. The Labute approximate surface area is 205 Å². The number of halogens is 2. The van der Waals surface area contributed by atoms with Crippen LogP contribution in [0.15, 0.2) is 35.9 Å². The molecule has 0 aromatic heterocycles. The topological polar surface area (TPSA) is 0 Å². The first-order valence-electron chi connectivity index (χ1n) is 11.9. The number of aryl methyl sites for hydroxylation is 1. The second-order valence-electron chi connectivity index (χ2n) is 9.73. The maximum atomic E-state index is 6.76. The van der Waals surface area contributed by atoms with Gasteiger partial charge in [0, 0.05) is 0 Å². The van der Waals surface area contributed by atoms with Crippen molar-refractivity contribution in [3.05, 3.63) is 63.7 Å². The van der Waals surface area contributed by atoms with Crippen molar-refractivity contribution in [1.82, 2.24) is 0 Å². The van der Waals surface area contributed by atoms with E-state index in [4.69, 9.17) is 17.0 Å². The van der Waals surface area contributed by atoms with Crippen LogP contribution in [-0.2, 0) is 25.8 Å². The molecule has 167 valence electrons. The Kier molecular flexibility index (Phi) is 8.73. The van der Waals surface area contributed by atoms with Crippen molar-refractivity contribution in [2.45, 2.75) is 83.2 Å². The molecule has 3 rings (SSSR count). The van der Waals surface area contributed by atoms with Gasteiger partial charge in [0.1, 0.15) is 0 Å². The Balaban J connectivity index is 2.33. The zero-order chi connectivity index (χ0) is 22.9. The third-order valence-electron chi connectivity index (χ3n) is 6.84. The minimum atomic E-state index is -2.53. The van der Waals surface area contributed by atoms with E-state index in [1.54, 1.807) is 0 Å². The first kappa shape index (κ1) is 25.3. The summed E-state index contributed by atoms with van der Waals surface area (Å²) in [6, 6.07) is 11.9. The molecule has 0 spiro atoms. The van der Waals surface area contributed by atoms with Crippen molar-refractivity contribution in [2.75, 3.05) is 0 Å². The van der Waals surface area contributed by atoms with Gasteiger partial charge in [-0.2, -0.15) is 0 Å². The Morgan fingerprint density at radius 3 is 2.00 bits per heavy atom. The first-order chi connectivity index (χ1) is 14.7.